The number of hydrogen-bond acceptors (Lipinski definition) is 3. The van der Waals surface area contributed by atoms with Crippen LogP contribution in [0.4, 0.5) is 5.69 Å². The third-order valence-electron chi connectivity index (χ3n) is 4.04. The lowest BCUT2D eigenvalue weighted by atomic mass is 10.0. The number of anilines is 1. The number of hydrogen-bond donors (Lipinski definition) is 1. The molecule has 0 spiro atoms. The quantitative estimate of drug-likeness (QED) is 0.872. The lowest BCUT2D eigenvalue weighted by Crippen LogP contribution is -2.35. The molecule has 1 aliphatic rings. The van der Waals surface area contributed by atoms with Crippen LogP contribution in [0.2, 0.25) is 0 Å². The molecule has 2 nitrogen and oxygen atoms in total. The molecule has 110 valence electrons. The zero-order valence-electron chi connectivity index (χ0n) is 12.5. The molecule has 1 atom stereocenters. The summed E-state index contributed by atoms with van der Waals surface area (Å²) >= 11 is 2.05. The summed E-state index contributed by atoms with van der Waals surface area (Å²) in [5, 5.41) is 0. The zero-order chi connectivity index (χ0) is 14.7. The second-order valence-corrected chi connectivity index (χ2v) is 6.87. The van der Waals surface area contributed by atoms with E-state index in [9.17, 15) is 0 Å². The number of benzene rings is 2. The lowest BCUT2D eigenvalue weighted by molar-refractivity contribution is 0.212. The Morgan fingerprint density at radius 3 is 2.76 bits per heavy atom. The molecule has 2 N–H and O–H groups in total. The molecule has 1 heterocycles. The maximum Gasteiger partial charge on any atom is 0.0442 e. The Bertz CT molecular complexity index is 594. The maximum atomic E-state index is 5.90. The van der Waals surface area contributed by atoms with Crippen molar-refractivity contribution in [2.24, 2.45) is 0 Å². The summed E-state index contributed by atoms with van der Waals surface area (Å²) in [4.78, 5) is 2.58. The van der Waals surface area contributed by atoms with Crippen LogP contribution in [0, 0.1) is 6.92 Å². The first-order chi connectivity index (χ1) is 10.2. The Morgan fingerprint density at radius 1 is 1.19 bits per heavy atom. The number of aryl methyl sites for hydroxylation is 1. The fourth-order valence-corrected chi connectivity index (χ4v) is 4.01. The van der Waals surface area contributed by atoms with Crippen molar-refractivity contribution in [2.75, 3.05) is 23.8 Å². The number of rotatable bonds is 3. The van der Waals surface area contributed by atoms with Gasteiger partial charge in [-0.05, 0) is 30.2 Å². The minimum Gasteiger partial charge on any atom is -0.399 e. The first kappa shape index (κ1) is 14.5. The molecule has 0 bridgehead atoms. The fourth-order valence-electron chi connectivity index (χ4n) is 2.85. The van der Waals surface area contributed by atoms with E-state index >= 15 is 0 Å². The molecule has 1 saturated heterocycles. The van der Waals surface area contributed by atoms with Crippen LogP contribution in [-0.2, 0) is 6.54 Å². The summed E-state index contributed by atoms with van der Waals surface area (Å²) in [6.45, 7) is 4.26. The number of thioether (sulfide) groups is 1. The second kappa shape index (κ2) is 6.54. The summed E-state index contributed by atoms with van der Waals surface area (Å²) in [7, 11) is 0. The predicted octanol–water partition coefficient (Wildman–Crippen LogP) is 3.87. The summed E-state index contributed by atoms with van der Waals surface area (Å²) in [5.74, 6) is 2.38. The summed E-state index contributed by atoms with van der Waals surface area (Å²) in [6, 6.07) is 17.7. The smallest absolute Gasteiger partial charge is 0.0442 e. The fraction of sp³-hybridized carbons (Fsp3) is 0.333. The van der Waals surface area contributed by atoms with Crippen LogP contribution in [0.25, 0.3) is 0 Å². The normalized spacial score (nSPS) is 19.6. The van der Waals surface area contributed by atoms with Crippen LogP contribution in [0.5, 0.6) is 0 Å². The highest BCUT2D eigenvalue weighted by Gasteiger charge is 2.24. The molecule has 3 rings (SSSR count). The van der Waals surface area contributed by atoms with Gasteiger partial charge in [-0.15, -0.1) is 0 Å². The van der Waals surface area contributed by atoms with Gasteiger partial charge in [0.25, 0.3) is 0 Å². The van der Waals surface area contributed by atoms with Crippen molar-refractivity contribution in [3.05, 3.63) is 65.2 Å². The van der Waals surface area contributed by atoms with Crippen molar-refractivity contribution >= 4 is 17.4 Å². The van der Waals surface area contributed by atoms with Crippen molar-refractivity contribution < 1.29 is 0 Å². The lowest BCUT2D eigenvalue weighted by Gasteiger charge is -2.36. The Labute approximate surface area is 131 Å². The van der Waals surface area contributed by atoms with Crippen LogP contribution in [-0.4, -0.2) is 23.0 Å². The van der Waals surface area contributed by atoms with Gasteiger partial charge in [-0.3, -0.25) is 4.90 Å². The number of nitrogens with zero attached hydrogens (tertiary/aromatic N) is 1. The standard InChI is InChI=1S/C18H22N2S/c1-14-5-7-16(8-6-14)18-13-21-10-9-20(18)12-15-3-2-4-17(19)11-15/h2-8,11,18H,9-10,12-13,19H2,1H3. The monoisotopic (exact) mass is 298 g/mol. The minimum atomic E-state index is 0.505. The van der Waals surface area contributed by atoms with E-state index in [0.29, 0.717) is 6.04 Å². The van der Waals surface area contributed by atoms with Crippen LogP contribution < -0.4 is 5.73 Å². The molecular formula is C18H22N2S. The molecule has 1 aliphatic heterocycles. The summed E-state index contributed by atoms with van der Waals surface area (Å²) in [6.07, 6.45) is 0. The highest BCUT2D eigenvalue weighted by atomic mass is 32.2. The van der Waals surface area contributed by atoms with Gasteiger partial charge >= 0.3 is 0 Å². The molecule has 2 aromatic rings. The van der Waals surface area contributed by atoms with Crippen LogP contribution in [0.1, 0.15) is 22.7 Å². The molecule has 0 radical (unpaired) electrons. The van der Waals surface area contributed by atoms with Gasteiger partial charge < -0.3 is 5.73 Å². The third-order valence-corrected chi connectivity index (χ3v) is 5.06. The van der Waals surface area contributed by atoms with Crippen LogP contribution >= 0.6 is 11.8 Å². The van der Waals surface area contributed by atoms with Crippen molar-refractivity contribution in [1.29, 1.82) is 0 Å². The summed E-state index contributed by atoms with van der Waals surface area (Å²) in [5.41, 5.74) is 10.8. The van der Waals surface area contributed by atoms with Crippen molar-refractivity contribution in [1.82, 2.24) is 4.90 Å². The zero-order valence-corrected chi connectivity index (χ0v) is 13.3. The Balaban J connectivity index is 1.79. The minimum absolute atomic E-state index is 0.505. The van der Waals surface area contributed by atoms with E-state index < -0.39 is 0 Å². The highest BCUT2D eigenvalue weighted by Crippen LogP contribution is 2.31. The van der Waals surface area contributed by atoms with Gasteiger partial charge in [0.2, 0.25) is 0 Å². The van der Waals surface area contributed by atoms with Gasteiger partial charge in [0.15, 0.2) is 0 Å². The van der Waals surface area contributed by atoms with Crippen molar-refractivity contribution in [3.63, 3.8) is 0 Å². The van der Waals surface area contributed by atoms with Gasteiger partial charge in [0.1, 0.15) is 0 Å². The van der Waals surface area contributed by atoms with E-state index in [1.54, 1.807) is 0 Å². The van der Waals surface area contributed by atoms with Gasteiger partial charge in [-0.2, -0.15) is 11.8 Å². The Kier molecular flexibility index (Phi) is 4.51. The Morgan fingerprint density at radius 2 is 2.00 bits per heavy atom. The molecule has 21 heavy (non-hydrogen) atoms. The molecule has 0 aromatic heterocycles. The average molecular weight is 298 g/mol. The maximum absolute atomic E-state index is 5.90. The van der Waals surface area contributed by atoms with Gasteiger partial charge in [-0.1, -0.05) is 42.0 Å². The van der Waals surface area contributed by atoms with E-state index in [0.717, 1.165) is 18.8 Å². The molecule has 2 aromatic carbocycles. The first-order valence-electron chi connectivity index (χ1n) is 7.45. The van der Waals surface area contributed by atoms with E-state index in [1.165, 1.54) is 28.2 Å². The molecule has 1 fully saturated rings. The Hall–Kier alpha value is -1.45. The SMILES string of the molecule is Cc1ccc(C2CSCCN2Cc2cccc(N)c2)cc1. The third kappa shape index (κ3) is 3.60. The molecule has 3 heteroatoms. The number of nitrogens with two attached hydrogens (primary N) is 1. The highest BCUT2D eigenvalue weighted by molar-refractivity contribution is 7.99. The van der Waals surface area contributed by atoms with E-state index in [2.05, 4.69) is 60.0 Å². The van der Waals surface area contributed by atoms with E-state index in [1.807, 2.05) is 12.1 Å². The largest absolute Gasteiger partial charge is 0.399 e. The topological polar surface area (TPSA) is 29.3 Å². The van der Waals surface area contributed by atoms with E-state index in [-0.39, 0.29) is 0 Å². The first-order valence-corrected chi connectivity index (χ1v) is 8.60. The van der Waals surface area contributed by atoms with Crippen LogP contribution in [0.3, 0.4) is 0 Å². The van der Waals surface area contributed by atoms with Gasteiger partial charge in [-0.25, -0.2) is 0 Å². The van der Waals surface area contributed by atoms with Gasteiger partial charge in [0.05, 0.1) is 0 Å². The second-order valence-electron chi connectivity index (χ2n) is 5.72. The van der Waals surface area contributed by atoms with Crippen molar-refractivity contribution in [3.8, 4) is 0 Å². The van der Waals surface area contributed by atoms with Crippen molar-refractivity contribution in [2.45, 2.75) is 19.5 Å². The average Bonchev–Trinajstić information content (AvgIpc) is 2.49. The molecule has 0 saturated carbocycles. The van der Waals surface area contributed by atoms with Crippen LogP contribution in [0.15, 0.2) is 48.5 Å². The molecule has 1 unspecified atom stereocenters. The summed E-state index contributed by atoms with van der Waals surface area (Å²) < 4.78 is 0. The number of nitrogen functional groups attached to an aromatic ring is 1. The van der Waals surface area contributed by atoms with Gasteiger partial charge in [0, 0.05) is 36.3 Å². The molecule has 0 amide bonds. The molecular weight excluding hydrogens is 276 g/mol. The predicted molar refractivity (Wildman–Crippen MR) is 92.5 cm³/mol. The van der Waals surface area contributed by atoms with E-state index in [4.69, 9.17) is 5.73 Å². The molecule has 0 aliphatic carbocycles.